The first kappa shape index (κ1) is 18.9. The van der Waals surface area contributed by atoms with Crippen LogP contribution < -0.4 is 5.32 Å². The van der Waals surface area contributed by atoms with Crippen LogP contribution in [-0.4, -0.2) is 20.6 Å². The molecule has 0 unspecified atom stereocenters. The molecule has 7 nitrogen and oxygen atoms in total. The minimum Gasteiger partial charge on any atom is -0.358 e. The Kier molecular flexibility index (Phi) is 5.78. The zero-order valence-electron chi connectivity index (χ0n) is 14.3. The third kappa shape index (κ3) is 4.47. The van der Waals surface area contributed by atoms with Crippen LogP contribution in [0.25, 0.3) is 0 Å². The number of amides is 1. The van der Waals surface area contributed by atoms with E-state index in [0.29, 0.717) is 11.4 Å². The second-order valence-electron chi connectivity index (χ2n) is 5.60. The third-order valence-electron chi connectivity index (χ3n) is 3.72. The van der Waals surface area contributed by atoms with Crippen molar-refractivity contribution in [3.05, 3.63) is 75.4 Å². The Morgan fingerprint density at radius 3 is 2.56 bits per heavy atom. The Bertz CT molecular complexity index is 992. The molecule has 0 saturated carbocycles. The molecule has 138 valence electrons. The Morgan fingerprint density at radius 1 is 1.22 bits per heavy atom. The van der Waals surface area contributed by atoms with E-state index < -0.39 is 10.7 Å². The SMILES string of the molecule is Cc1c(Cl)c([N+](=O)[O-])nn1CC(=O)Nc1ccccc1Sc1ccccc1. The summed E-state index contributed by atoms with van der Waals surface area (Å²) in [5.74, 6) is -0.810. The fraction of sp³-hybridized carbons (Fsp3) is 0.111. The number of nitrogens with one attached hydrogen (secondary N) is 1. The standard InChI is InChI=1S/C18H15ClN4O3S/c1-12-17(19)18(23(25)26)21-22(12)11-16(24)20-14-9-5-6-10-15(14)27-13-7-3-2-4-8-13/h2-10H,11H2,1H3,(H,20,24). The van der Waals surface area contributed by atoms with Gasteiger partial charge in [0.2, 0.25) is 5.91 Å². The Morgan fingerprint density at radius 2 is 1.89 bits per heavy atom. The molecule has 3 aromatic rings. The van der Waals surface area contributed by atoms with Crippen LogP contribution in [-0.2, 0) is 11.3 Å². The van der Waals surface area contributed by atoms with E-state index in [1.165, 1.54) is 16.4 Å². The van der Waals surface area contributed by atoms with Crippen LogP contribution >= 0.6 is 23.4 Å². The molecular formula is C18H15ClN4O3S. The zero-order valence-corrected chi connectivity index (χ0v) is 15.8. The number of anilines is 1. The summed E-state index contributed by atoms with van der Waals surface area (Å²) >= 11 is 7.44. The molecule has 2 aromatic carbocycles. The maximum Gasteiger partial charge on any atom is 0.408 e. The van der Waals surface area contributed by atoms with Gasteiger partial charge in [-0.05, 0) is 36.1 Å². The number of hydrogen-bond acceptors (Lipinski definition) is 5. The van der Waals surface area contributed by atoms with Crippen LogP contribution in [0.1, 0.15) is 5.69 Å². The van der Waals surface area contributed by atoms with Crippen LogP contribution in [0.3, 0.4) is 0 Å². The molecule has 9 heteroatoms. The van der Waals surface area contributed by atoms with Gasteiger partial charge in [-0.15, -0.1) is 0 Å². The van der Waals surface area contributed by atoms with E-state index in [1.54, 1.807) is 13.0 Å². The average molecular weight is 403 g/mol. The van der Waals surface area contributed by atoms with E-state index in [-0.39, 0.29) is 17.5 Å². The normalized spacial score (nSPS) is 10.6. The molecule has 27 heavy (non-hydrogen) atoms. The van der Waals surface area contributed by atoms with Crippen molar-refractivity contribution in [2.24, 2.45) is 0 Å². The summed E-state index contributed by atoms with van der Waals surface area (Å²) in [5.41, 5.74) is 1.02. The van der Waals surface area contributed by atoms with Crippen molar-refractivity contribution in [3.63, 3.8) is 0 Å². The molecule has 3 rings (SSSR count). The van der Waals surface area contributed by atoms with Crippen molar-refractivity contribution in [1.82, 2.24) is 9.78 Å². The van der Waals surface area contributed by atoms with Gasteiger partial charge in [0.15, 0.2) is 5.02 Å². The number of nitro groups is 1. The molecule has 0 aliphatic carbocycles. The minimum atomic E-state index is -0.671. The first-order valence-electron chi connectivity index (χ1n) is 7.95. The van der Waals surface area contributed by atoms with Crippen molar-refractivity contribution in [1.29, 1.82) is 0 Å². The second-order valence-corrected chi connectivity index (χ2v) is 7.09. The number of hydrogen-bond donors (Lipinski definition) is 1. The summed E-state index contributed by atoms with van der Waals surface area (Å²) in [6.45, 7) is 1.40. The van der Waals surface area contributed by atoms with E-state index in [9.17, 15) is 14.9 Å². The molecule has 1 aromatic heterocycles. The molecule has 0 aliphatic heterocycles. The van der Waals surface area contributed by atoms with Gasteiger partial charge in [0.05, 0.1) is 16.5 Å². The number of rotatable bonds is 6. The number of carbonyl (C=O) groups is 1. The maximum absolute atomic E-state index is 12.4. The molecule has 0 fully saturated rings. The molecule has 1 amide bonds. The molecule has 0 spiro atoms. The van der Waals surface area contributed by atoms with Gasteiger partial charge >= 0.3 is 5.82 Å². The first-order valence-corrected chi connectivity index (χ1v) is 9.14. The summed E-state index contributed by atoms with van der Waals surface area (Å²) in [6, 6.07) is 17.2. The summed E-state index contributed by atoms with van der Waals surface area (Å²) in [4.78, 5) is 24.6. The summed E-state index contributed by atoms with van der Waals surface area (Å²) in [6.07, 6.45) is 0. The third-order valence-corrected chi connectivity index (χ3v) is 5.24. The predicted molar refractivity (Wildman–Crippen MR) is 104 cm³/mol. The quantitative estimate of drug-likeness (QED) is 0.482. The topological polar surface area (TPSA) is 90.1 Å². The van der Waals surface area contributed by atoms with Crippen molar-refractivity contribution in [2.45, 2.75) is 23.3 Å². The van der Waals surface area contributed by atoms with Gasteiger partial charge < -0.3 is 15.4 Å². The molecule has 0 radical (unpaired) electrons. The maximum atomic E-state index is 12.4. The number of nitrogens with zero attached hydrogens (tertiary/aromatic N) is 3. The Hall–Kier alpha value is -2.84. The van der Waals surface area contributed by atoms with E-state index >= 15 is 0 Å². The molecule has 0 atom stereocenters. The van der Waals surface area contributed by atoms with Gasteiger partial charge in [0.25, 0.3) is 0 Å². The average Bonchev–Trinajstić information content (AvgIpc) is 2.93. The van der Waals surface area contributed by atoms with Crippen LogP contribution in [0.15, 0.2) is 64.4 Å². The van der Waals surface area contributed by atoms with Gasteiger partial charge in [-0.3, -0.25) is 4.79 Å². The number of benzene rings is 2. The van der Waals surface area contributed by atoms with Gasteiger partial charge in [-0.1, -0.05) is 53.7 Å². The van der Waals surface area contributed by atoms with E-state index in [1.807, 2.05) is 48.5 Å². The van der Waals surface area contributed by atoms with E-state index in [4.69, 9.17) is 11.6 Å². The molecule has 0 bridgehead atoms. The highest BCUT2D eigenvalue weighted by Gasteiger charge is 2.25. The van der Waals surface area contributed by atoms with Crippen LogP contribution in [0, 0.1) is 17.0 Å². The van der Waals surface area contributed by atoms with Crippen LogP contribution in [0.4, 0.5) is 11.5 Å². The van der Waals surface area contributed by atoms with Crippen LogP contribution in [0.2, 0.25) is 5.02 Å². The Labute approximate surface area is 164 Å². The highest BCUT2D eigenvalue weighted by molar-refractivity contribution is 7.99. The molecule has 0 saturated heterocycles. The highest BCUT2D eigenvalue weighted by Crippen LogP contribution is 2.33. The molecule has 1 heterocycles. The fourth-order valence-electron chi connectivity index (χ4n) is 2.38. The minimum absolute atomic E-state index is 0.0622. The van der Waals surface area contributed by atoms with E-state index in [2.05, 4.69) is 10.4 Å². The van der Waals surface area contributed by atoms with E-state index in [0.717, 1.165) is 9.79 Å². The summed E-state index contributed by atoms with van der Waals surface area (Å²) in [7, 11) is 0. The van der Waals surface area contributed by atoms with Crippen molar-refractivity contribution >= 4 is 40.8 Å². The number of halogens is 1. The lowest BCUT2D eigenvalue weighted by Crippen LogP contribution is -2.20. The monoisotopic (exact) mass is 402 g/mol. The number of aromatic nitrogens is 2. The zero-order chi connectivity index (χ0) is 19.4. The summed E-state index contributed by atoms with van der Waals surface area (Å²) < 4.78 is 1.22. The van der Waals surface area contributed by atoms with Crippen LogP contribution in [0.5, 0.6) is 0 Å². The Balaban J connectivity index is 1.75. The lowest BCUT2D eigenvalue weighted by atomic mass is 10.3. The highest BCUT2D eigenvalue weighted by atomic mass is 35.5. The fourth-order valence-corrected chi connectivity index (χ4v) is 3.51. The lowest BCUT2D eigenvalue weighted by Gasteiger charge is -2.10. The number of para-hydroxylation sites is 1. The number of carbonyl (C=O) groups excluding carboxylic acids is 1. The molecule has 0 aliphatic rings. The summed E-state index contributed by atoms with van der Waals surface area (Å²) in [5, 5.41) is 17.5. The van der Waals surface area contributed by atoms with Crippen molar-refractivity contribution < 1.29 is 9.72 Å². The van der Waals surface area contributed by atoms with Crippen molar-refractivity contribution in [2.75, 3.05) is 5.32 Å². The van der Waals surface area contributed by atoms with Gasteiger partial charge in [0.1, 0.15) is 6.54 Å². The first-order chi connectivity index (χ1) is 13.0. The second kappa shape index (κ2) is 8.24. The molecule has 1 N–H and O–H groups in total. The van der Waals surface area contributed by atoms with Gasteiger partial charge in [-0.2, -0.15) is 4.68 Å². The van der Waals surface area contributed by atoms with Gasteiger partial charge in [0, 0.05) is 9.79 Å². The lowest BCUT2D eigenvalue weighted by molar-refractivity contribution is -0.389. The molecular weight excluding hydrogens is 388 g/mol. The van der Waals surface area contributed by atoms with Crippen molar-refractivity contribution in [3.8, 4) is 0 Å². The smallest absolute Gasteiger partial charge is 0.358 e. The largest absolute Gasteiger partial charge is 0.408 e. The predicted octanol–water partition coefficient (Wildman–Crippen LogP) is 4.54. The van der Waals surface area contributed by atoms with Gasteiger partial charge in [-0.25, -0.2) is 0 Å².